The first kappa shape index (κ1) is 19.4. The second-order valence-corrected chi connectivity index (χ2v) is 8.10. The van der Waals surface area contributed by atoms with Crippen LogP contribution in [0.3, 0.4) is 0 Å². The molecule has 4 aromatic rings. The van der Waals surface area contributed by atoms with Gasteiger partial charge in [-0.3, -0.25) is 0 Å². The number of rotatable bonds is 6. The third-order valence-electron chi connectivity index (χ3n) is 6.17. The van der Waals surface area contributed by atoms with Crippen LogP contribution in [0.2, 0.25) is 0 Å². The van der Waals surface area contributed by atoms with Crippen molar-refractivity contribution < 1.29 is 19.2 Å². The maximum absolute atomic E-state index is 11.4. The molecule has 3 aromatic carbocycles. The molecule has 5 rings (SSSR count). The van der Waals surface area contributed by atoms with Crippen LogP contribution in [0.15, 0.2) is 65.2 Å². The Morgan fingerprint density at radius 1 is 1.10 bits per heavy atom. The zero-order valence-corrected chi connectivity index (χ0v) is 17.3. The molecule has 1 heterocycles. The summed E-state index contributed by atoms with van der Waals surface area (Å²) in [5.74, 6) is 1.34. The molecule has 0 spiro atoms. The fourth-order valence-corrected chi connectivity index (χ4v) is 4.12. The zero-order chi connectivity index (χ0) is 21.4. The van der Waals surface area contributed by atoms with E-state index in [2.05, 4.69) is 5.16 Å². The van der Waals surface area contributed by atoms with Crippen molar-refractivity contribution in [3.8, 4) is 16.9 Å². The van der Waals surface area contributed by atoms with Gasteiger partial charge in [-0.25, -0.2) is 4.79 Å². The number of benzene rings is 3. The number of aromatic carboxylic acids is 1. The molecule has 0 radical (unpaired) electrons. The van der Waals surface area contributed by atoms with E-state index in [-0.39, 0.29) is 0 Å². The number of carbonyl (C=O) groups is 1. The Hall–Kier alpha value is -3.60. The number of hydrogen-bond donors (Lipinski definition) is 1. The molecule has 0 atom stereocenters. The number of hydrogen-bond acceptors (Lipinski definition) is 4. The monoisotopic (exact) mass is 413 g/mol. The highest BCUT2D eigenvalue weighted by molar-refractivity contribution is 6.04. The summed E-state index contributed by atoms with van der Waals surface area (Å²) in [6, 6.07) is 19.1. The van der Waals surface area contributed by atoms with Crippen molar-refractivity contribution in [1.82, 2.24) is 5.16 Å². The SMILES string of the molecule is Cc1noc(C2CCC2)c1COc1ccc(-c2ccc3c(C(=O)O)cccc3c2)cc1. The molecule has 0 bridgehead atoms. The lowest BCUT2D eigenvalue weighted by molar-refractivity contribution is 0.0699. The van der Waals surface area contributed by atoms with Gasteiger partial charge in [0.1, 0.15) is 18.1 Å². The van der Waals surface area contributed by atoms with Gasteiger partial charge in [-0.1, -0.05) is 48.0 Å². The van der Waals surface area contributed by atoms with E-state index in [0.717, 1.165) is 57.5 Å². The number of carboxylic acids is 1. The Morgan fingerprint density at radius 2 is 1.87 bits per heavy atom. The van der Waals surface area contributed by atoms with Gasteiger partial charge in [-0.2, -0.15) is 0 Å². The molecule has 1 saturated carbocycles. The molecular weight excluding hydrogens is 390 g/mol. The maximum Gasteiger partial charge on any atom is 0.336 e. The topological polar surface area (TPSA) is 72.6 Å². The molecule has 0 unspecified atom stereocenters. The van der Waals surface area contributed by atoms with Gasteiger partial charge in [-0.15, -0.1) is 0 Å². The molecule has 1 aromatic heterocycles. The summed E-state index contributed by atoms with van der Waals surface area (Å²) in [7, 11) is 0. The number of aromatic nitrogens is 1. The van der Waals surface area contributed by atoms with Gasteiger partial charge in [0.25, 0.3) is 0 Å². The first-order chi connectivity index (χ1) is 15.1. The highest BCUT2D eigenvalue weighted by Gasteiger charge is 2.27. The molecule has 1 aliphatic rings. The van der Waals surface area contributed by atoms with Crippen LogP contribution >= 0.6 is 0 Å². The number of aryl methyl sites for hydroxylation is 1. The number of ether oxygens (including phenoxy) is 1. The third-order valence-corrected chi connectivity index (χ3v) is 6.17. The molecule has 1 aliphatic carbocycles. The molecule has 0 amide bonds. The van der Waals surface area contributed by atoms with E-state index in [1.807, 2.05) is 55.5 Å². The molecule has 5 nitrogen and oxygen atoms in total. The van der Waals surface area contributed by atoms with E-state index in [4.69, 9.17) is 9.26 Å². The smallest absolute Gasteiger partial charge is 0.336 e. The maximum atomic E-state index is 11.4. The second-order valence-electron chi connectivity index (χ2n) is 8.10. The lowest BCUT2D eigenvalue weighted by atomic mass is 9.82. The summed E-state index contributed by atoms with van der Waals surface area (Å²) in [4.78, 5) is 11.4. The normalized spacial score (nSPS) is 13.8. The van der Waals surface area contributed by atoms with Crippen molar-refractivity contribution in [2.75, 3.05) is 0 Å². The average Bonchev–Trinajstić information content (AvgIpc) is 3.10. The van der Waals surface area contributed by atoms with Crippen molar-refractivity contribution >= 4 is 16.7 Å². The summed E-state index contributed by atoms with van der Waals surface area (Å²) >= 11 is 0. The summed E-state index contributed by atoms with van der Waals surface area (Å²) in [6.45, 7) is 2.41. The van der Waals surface area contributed by atoms with E-state index in [9.17, 15) is 9.90 Å². The van der Waals surface area contributed by atoms with Crippen LogP contribution < -0.4 is 4.74 Å². The van der Waals surface area contributed by atoms with Crippen molar-refractivity contribution in [2.45, 2.75) is 38.7 Å². The van der Waals surface area contributed by atoms with Crippen molar-refractivity contribution in [2.24, 2.45) is 0 Å². The summed E-state index contributed by atoms with van der Waals surface area (Å²) in [6.07, 6.45) is 3.57. The standard InChI is InChI=1S/C26H23NO4/c1-16-24(25(31-27-16)18-4-2-5-18)15-30-21-11-8-17(9-12-21)19-10-13-22-20(14-19)6-3-7-23(22)26(28)29/h3,6-14,18H,2,4-5,15H2,1H3,(H,28,29). The predicted octanol–water partition coefficient (Wildman–Crippen LogP) is 6.35. The van der Waals surface area contributed by atoms with Crippen molar-refractivity contribution in [3.05, 3.63) is 83.2 Å². The first-order valence-corrected chi connectivity index (χ1v) is 10.5. The van der Waals surface area contributed by atoms with Crippen LogP contribution in [0.4, 0.5) is 0 Å². The van der Waals surface area contributed by atoms with Crippen LogP contribution in [-0.4, -0.2) is 16.2 Å². The molecule has 1 N–H and O–H groups in total. The van der Waals surface area contributed by atoms with Crippen LogP contribution in [-0.2, 0) is 6.61 Å². The Kier molecular flexibility index (Phi) is 4.94. The third kappa shape index (κ3) is 3.67. The molecule has 0 aliphatic heterocycles. The highest BCUT2D eigenvalue weighted by Crippen LogP contribution is 2.39. The van der Waals surface area contributed by atoms with Crippen LogP contribution in [0.25, 0.3) is 21.9 Å². The lowest BCUT2D eigenvalue weighted by Gasteiger charge is -2.23. The Labute approximate surface area is 180 Å². The fourth-order valence-electron chi connectivity index (χ4n) is 4.12. The number of nitrogens with zero attached hydrogens (tertiary/aromatic N) is 1. The highest BCUT2D eigenvalue weighted by atomic mass is 16.5. The van der Waals surface area contributed by atoms with Crippen molar-refractivity contribution in [3.63, 3.8) is 0 Å². The Morgan fingerprint density at radius 3 is 2.58 bits per heavy atom. The van der Waals surface area contributed by atoms with Crippen LogP contribution in [0, 0.1) is 6.92 Å². The summed E-state index contributed by atoms with van der Waals surface area (Å²) in [5.41, 5.74) is 4.36. The molecule has 0 saturated heterocycles. The quantitative estimate of drug-likeness (QED) is 0.399. The Bertz CT molecular complexity index is 1250. The average molecular weight is 413 g/mol. The minimum absolute atomic E-state index is 0.318. The largest absolute Gasteiger partial charge is 0.489 e. The van der Waals surface area contributed by atoms with Gasteiger partial charge in [0.05, 0.1) is 16.8 Å². The summed E-state index contributed by atoms with van der Waals surface area (Å²) in [5, 5.41) is 15.2. The van der Waals surface area contributed by atoms with Gasteiger partial charge in [0, 0.05) is 5.92 Å². The van der Waals surface area contributed by atoms with Crippen molar-refractivity contribution in [1.29, 1.82) is 0 Å². The second kappa shape index (κ2) is 7.91. The van der Waals surface area contributed by atoms with E-state index in [1.165, 1.54) is 6.42 Å². The number of carboxylic acid groups (broad SMARTS) is 1. The van der Waals surface area contributed by atoms with Gasteiger partial charge in [0.2, 0.25) is 0 Å². The predicted molar refractivity (Wildman–Crippen MR) is 119 cm³/mol. The van der Waals surface area contributed by atoms with E-state index >= 15 is 0 Å². The molecule has 1 fully saturated rings. The number of fused-ring (bicyclic) bond motifs is 1. The summed E-state index contributed by atoms with van der Waals surface area (Å²) < 4.78 is 11.6. The first-order valence-electron chi connectivity index (χ1n) is 10.5. The van der Waals surface area contributed by atoms with Gasteiger partial charge in [0.15, 0.2) is 0 Å². The molecule has 5 heteroatoms. The lowest BCUT2D eigenvalue weighted by Crippen LogP contribution is -2.11. The van der Waals surface area contributed by atoms with Crippen LogP contribution in [0.5, 0.6) is 5.75 Å². The molecule has 156 valence electrons. The zero-order valence-electron chi connectivity index (χ0n) is 17.3. The van der Waals surface area contributed by atoms with Crippen LogP contribution in [0.1, 0.15) is 52.6 Å². The minimum atomic E-state index is -0.914. The molecule has 31 heavy (non-hydrogen) atoms. The van der Waals surface area contributed by atoms with E-state index < -0.39 is 5.97 Å². The Balaban J connectivity index is 1.34. The minimum Gasteiger partial charge on any atom is -0.489 e. The van der Waals surface area contributed by atoms with E-state index in [0.29, 0.717) is 18.1 Å². The van der Waals surface area contributed by atoms with Gasteiger partial charge < -0.3 is 14.4 Å². The van der Waals surface area contributed by atoms with E-state index in [1.54, 1.807) is 12.1 Å². The molecular formula is C26H23NO4. The fraction of sp³-hybridized carbons (Fsp3) is 0.231. The van der Waals surface area contributed by atoms with Gasteiger partial charge in [-0.05, 0) is 65.9 Å². The van der Waals surface area contributed by atoms with Gasteiger partial charge >= 0.3 is 5.97 Å².